The summed E-state index contributed by atoms with van der Waals surface area (Å²) in [5, 5.41) is 11.8. The number of fused-ring (bicyclic) bond motifs is 2. The van der Waals surface area contributed by atoms with Crippen molar-refractivity contribution in [1.82, 2.24) is 15.0 Å². The smallest absolute Gasteiger partial charge is 0.0991 e. The predicted octanol–water partition coefficient (Wildman–Crippen LogP) is 10.4. The topological polar surface area (TPSA) is 62.5 Å². The Kier molecular flexibility index (Phi) is 6.83. The summed E-state index contributed by atoms with van der Waals surface area (Å²) < 4.78 is 0. The Morgan fingerprint density at radius 1 is 0.370 bits per heavy atom. The maximum Gasteiger partial charge on any atom is 0.0991 e. The van der Waals surface area contributed by atoms with Gasteiger partial charge in [0, 0.05) is 22.3 Å². The van der Waals surface area contributed by atoms with E-state index in [2.05, 4.69) is 78.9 Å². The number of rotatable bonds is 5. The first-order valence-electron chi connectivity index (χ1n) is 15.2. The summed E-state index contributed by atoms with van der Waals surface area (Å²) in [6.07, 6.45) is 0. The molecule has 8 rings (SSSR count). The van der Waals surface area contributed by atoms with Crippen molar-refractivity contribution < 1.29 is 0 Å². The highest BCUT2D eigenvalue weighted by molar-refractivity contribution is 5.94. The molecule has 0 saturated heterocycles. The van der Waals surface area contributed by atoms with Crippen molar-refractivity contribution in [2.45, 2.75) is 0 Å². The monoisotopic (exact) mass is 586 g/mol. The van der Waals surface area contributed by atoms with Crippen molar-refractivity contribution in [3.63, 3.8) is 0 Å². The van der Waals surface area contributed by atoms with Crippen molar-refractivity contribution in [2.75, 3.05) is 0 Å². The summed E-state index contributed by atoms with van der Waals surface area (Å²) in [5.41, 5.74) is 11.9. The van der Waals surface area contributed by atoms with Crippen LogP contribution in [0.25, 0.3) is 78.0 Å². The van der Waals surface area contributed by atoms with E-state index in [0.29, 0.717) is 5.56 Å². The van der Waals surface area contributed by atoms with Gasteiger partial charge < -0.3 is 0 Å². The van der Waals surface area contributed by atoms with Gasteiger partial charge in [-0.2, -0.15) is 5.26 Å². The Morgan fingerprint density at radius 2 is 0.870 bits per heavy atom. The molecule has 0 bridgehead atoms. The Labute approximate surface area is 266 Å². The Bertz CT molecular complexity index is 2370. The third kappa shape index (κ3) is 5.17. The van der Waals surface area contributed by atoms with Crippen LogP contribution >= 0.6 is 0 Å². The molecule has 2 heterocycles. The fourth-order valence-corrected chi connectivity index (χ4v) is 5.92. The van der Waals surface area contributed by atoms with Crippen molar-refractivity contribution in [3.05, 3.63) is 163 Å². The van der Waals surface area contributed by atoms with E-state index in [4.69, 9.17) is 15.0 Å². The number of pyridine rings is 1. The normalized spacial score (nSPS) is 11.0. The Hall–Kier alpha value is -6.44. The molecular formula is C42H26N4. The first kappa shape index (κ1) is 27.1. The van der Waals surface area contributed by atoms with E-state index >= 15 is 0 Å². The van der Waals surface area contributed by atoms with Crippen LogP contribution in [0.4, 0.5) is 0 Å². The molecule has 0 amide bonds. The first-order chi connectivity index (χ1) is 22.7. The lowest BCUT2D eigenvalue weighted by atomic mass is 9.96. The fourth-order valence-electron chi connectivity index (χ4n) is 5.92. The lowest BCUT2D eigenvalue weighted by Gasteiger charge is -2.13. The lowest BCUT2D eigenvalue weighted by molar-refractivity contribution is 1.29. The van der Waals surface area contributed by atoms with Crippen LogP contribution in [-0.4, -0.2) is 15.0 Å². The van der Waals surface area contributed by atoms with Gasteiger partial charge in [-0.25, -0.2) is 15.0 Å². The van der Waals surface area contributed by atoms with Crippen molar-refractivity contribution >= 4 is 21.8 Å². The minimum absolute atomic E-state index is 0.589. The van der Waals surface area contributed by atoms with E-state index in [0.717, 1.165) is 78.0 Å². The van der Waals surface area contributed by atoms with E-state index in [1.807, 2.05) is 78.9 Å². The molecule has 0 aliphatic carbocycles. The van der Waals surface area contributed by atoms with Crippen LogP contribution in [0, 0.1) is 11.3 Å². The van der Waals surface area contributed by atoms with Gasteiger partial charge in [-0.05, 0) is 70.4 Å². The lowest BCUT2D eigenvalue weighted by Crippen LogP contribution is -1.96. The second kappa shape index (κ2) is 11.6. The van der Waals surface area contributed by atoms with Crippen molar-refractivity contribution in [1.29, 1.82) is 5.26 Å². The highest BCUT2D eigenvalue weighted by Gasteiger charge is 2.15. The Morgan fingerprint density at radius 3 is 1.46 bits per heavy atom. The minimum Gasteiger partial charge on any atom is -0.248 e. The molecule has 0 atom stereocenters. The molecule has 4 nitrogen and oxygen atoms in total. The number of nitriles is 1. The maximum atomic E-state index is 9.55. The molecule has 6 aromatic carbocycles. The molecule has 0 fully saturated rings. The van der Waals surface area contributed by atoms with Gasteiger partial charge in [0.1, 0.15) is 0 Å². The van der Waals surface area contributed by atoms with Gasteiger partial charge in [-0.15, -0.1) is 0 Å². The number of hydrogen-bond donors (Lipinski definition) is 0. The molecule has 0 aliphatic rings. The fraction of sp³-hybridized carbons (Fsp3) is 0. The van der Waals surface area contributed by atoms with Gasteiger partial charge in [-0.1, -0.05) is 109 Å². The van der Waals surface area contributed by atoms with Crippen LogP contribution in [0.1, 0.15) is 5.56 Å². The average molecular weight is 587 g/mol. The summed E-state index contributed by atoms with van der Waals surface area (Å²) in [6.45, 7) is 0. The molecule has 0 N–H and O–H groups in total. The zero-order valence-corrected chi connectivity index (χ0v) is 24.8. The van der Waals surface area contributed by atoms with Gasteiger partial charge in [-0.3, -0.25) is 0 Å². The molecule has 0 saturated carbocycles. The molecule has 0 aliphatic heterocycles. The predicted molar refractivity (Wildman–Crippen MR) is 187 cm³/mol. The molecular weight excluding hydrogens is 560 g/mol. The second-order valence-electron chi connectivity index (χ2n) is 11.2. The standard InChI is InChI=1S/C42H26N4/c43-27-28-10-9-15-34(22-28)41-42(46-38-17-8-7-16-37(38)45-41)35-21-20-31-23-33(19-18-32(31)24-35)36-25-39(29-11-3-1-4-12-29)44-40(26-36)30-13-5-2-6-14-30/h1-26H. The molecule has 0 spiro atoms. The van der Waals surface area contributed by atoms with Crippen LogP contribution in [0.15, 0.2) is 158 Å². The van der Waals surface area contributed by atoms with E-state index in [9.17, 15) is 5.26 Å². The summed E-state index contributed by atoms with van der Waals surface area (Å²) in [4.78, 5) is 15.1. The van der Waals surface area contributed by atoms with Gasteiger partial charge >= 0.3 is 0 Å². The summed E-state index contributed by atoms with van der Waals surface area (Å²) in [7, 11) is 0. The molecule has 46 heavy (non-hydrogen) atoms. The zero-order valence-electron chi connectivity index (χ0n) is 24.8. The minimum atomic E-state index is 0.589. The second-order valence-corrected chi connectivity index (χ2v) is 11.2. The number of nitrogens with zero attached hydrogens (tertiary/aromatic N) is 4. The molecule has 2 aromatic heterocycles. The maximum absolute atomic E-state index is 9.55. The number of para-hydroxylation sites is 2. The molecule has 8 aromatic rings. The SMILES string of the molecule is N#Cc1cccc(-c2nc3ccccc3nc2-c2ccc3cc(-c4cc(-c5ccccc5)nc(-c5ccccc5)c4)ccc3c2)c1. The van der Waals surface area contributed by atoms with Crippen LogP contribution in [0.2, 0.25) is 0 Å². The zero-order chi connectivity index (χ0) is 30.9. The van der Waals surface area contributed by atoms with E-state index in [1.54, 1.807) is 6.07 Å². The highest BCUT2D eigenvalue weighted by Crippen LogP contribution is 2.35. The van der Waals surface area contributed by atoms with E-state index < -0.39 is 0 Å². The summed E-state index contributed by atoms with van der Waals surface area (Å²) >= 11 is 0. The number of benzene rings is 6. The molecule has 4 heteroatoms. The summed E-state index contributed by atoms with van der Waals surface area (Å²) in [5.74, 6) is 0. The van der Waals surface area contributed by atoms with Crippen molar-refractivity contribution in [3.8, 4) is 62.2 Å². The highest BCUT2D eigenvalue weighted by atomic mass is 14.8. The van der Waals surface area contributed by atoms with Gasteiger partial charge in [0.05, 0.1) is 45.4 Å². The van der Waals surface area contributed by atoms with Crippen LogP contribution in [0.5, 0.6) is 0 Å². The molecule has 0 unspecified atom stereocenters. The summed E-state index contributed by atoms with van der Waals surface area (Å²) in [6, 6.07) is 55.7. The van der Waals surface area contributed by atoms with Gasteiger partial charge in [0.25, 0.3) is 0 Å². The molecule has 214 valence electrons. The third-order valence-corrected chi connectivity index (χ3v) is 8.25. The van der Waals surface area contributed by atoms with E-state index in [-0.39, 0.29) is 0 Å². The van der Waals surface area contributed by atoms with Crippen LogP contribution in [-0.2, 0) is 0 Å². The quantitative estimate of drug-likeness (QED) is 0.201. The Balaban J connectivity index is 1.24. The number of aromatic nitrogens is 3. The first-order valence-corrected chi connectivity index (χ1v) is 15.2. The number of hydrogen-bond acceptors (Lipinski definition) is 4. The molecule has 0 radical (unpaired) electrons. The van der Waals surface area contributed by atoms with Gasteiger partial charge in [0.2, 0.25) is 0 Å². The van der Waals surface area contributed by atoms with Crippen LogP contribution in [0.3, 0.4) is 0 Å². The average Bonchev–Trinajstić information content (AvgIpc) is 3.14. The largest absolute Gasteiger partial charge is 0.248 e. The third-order valence-electron chi connectivity index (χ3n) is 8.25. The van der Waals surface area contributed by atoms with Crippen LogP contribution < -0.4 is 0 Å². The van der Waals surface area contributed by atoms with Crippen molar-refractivity contribution in [2.24, 2.45) is 0 Å². The van der Waals surface area contributed by atoms with E-state index in [1.165, 1.54) is 0 Å². The van der Waals surface area contributed by atoms with Gasteiger partial charge in [0.15, 0.2) is 0 Å².